The van der Waals surface area contributed by atoms with Gasteiger partial charge in [0.25, 0.3) is 5.91 Å². The van der Waals surface area contributed by atoms with Crippen molar-refractivity contribution < 1.29 is 23.1 Å². The van der Waals surface area contributed by atoms with Gasteiger partial charge in [-0.3, -0.25) is 4.79 Å². The minimum absolute atomic E-state index is 0.0253. The van der Waals surface area contributed by atoms with Crippen molar-refractivity contribution in [2.75, 3.05) is 5.32 Å². The SMILES string of the molecule is O=C(Nc1ccccc1C(=O)O)c1ccc(S(=O)(=O)c2ccc(Cl)cc2)cc1. The number of hydrogen-bond donors (Lipinski definition) is 2. The number of carboxylic acids is 1. The fourth-order valence-corrected chi connectivity index (χ4v) is 3.90. The first-order valence-corrected chi connectivity index (χ1v) is 9.89. The lowest BCUT2D eigenvalue weighted by molar-refractivity contribution is 0.0698. The first-order valence-electron chi connectivity index (χ1n) is 8.03. The number of anilines is 1. The summed E-state index contributed by atoms with van der Waals surface area (Å²) in [6.45, 7) is 0. The summed E-state index contributed by atoms with van der Waals surface area (Å²) < 4.78 is 25.3. The monoisotopic (exact) mass is 415 g/mol. The highest BCUT2D eigenvalue weighted by Gasteiger charge is 2.19. The van der Waals surface area contributed by atoms with Gasteiger partial charge in [-0.2, -0.15) is 0 Å². The number of nitrogens with one attached hydrogen (secondary N) is 1. The molecule has 0 saturated carbocycles. The Morgan fingerprint density at radius 1 is 0.821 bits per heavy atom. The van der Waals surface area contributed by atoms with Crippen LogP contribution >= 0.6 is 11.6 Å². The van der Waals surface area contributed by atoms with Gasteiger partial charge in [0.2, 0.25) is 9.84 Å². The quantitative estimate of drug-likeness (QED) is 0.652. The number of sulfone groups is 1. The summed E-state index contributed by atoms with van der Waals surface area (Å²) >= 11 is 5.78. The molecule has 1 amide bonds. The topological polar surface area (TPSA) is 101 Å². The minimum Gasteiger partial charge on any atom is -0.478 e. The van der Waals surface area contributed by atoms with Gasteiger partial charge in [-0.05, 0) is 60.7 Å². The molecule has 0 fully saturated rings. The standard InChI is InChI=1S/C20H14ClNO5S/c21-14-7-11-16(12-8-14)28(26,27)15-9-5-13(6-10-15)19(23)22-18-4-2-1-3-17(18)20(24)25/h1-12H,(H,22,23)(H,24,25). The van der Waals surface area contributed by atoms with Crippen molar-refractivity contribution in [1.82, 2.24) is 0 Å². The molecule has 0 aliphatic heterocycles. The molecule has 0 unspecified atom stereocenters. The molecule has 0 aromatic heterocycles. The van der Waals surface area contributed by atoms with Crippen LogP contribution < -0.4 is 5.32 Å². The van der Waals surface area contributed by atoms with Crippen molar-refractivity contribution in [3.63, 3.8) is 0 Å². The summed E-state index contributed by atoms with van der Waals surface area (Å²) in [5, 5.41) is 12.1. The zero-order valence-corrected chi connectivity index (χ0v) is 15.9. The lowest BCUT2D eigenvalue weighted by Crippen LogP contribution is -2.15. The lowest BCUT2D eigenvalue weighted by atomic mass is 10.1. The Morgan fingerprint density at radius 3 is 1.93 bits per heavy atom. The lowest BCUT2D eigenvalue weighted by Gasteiger charge is -2.09. The smallest absolute Gasteiger partial charge is 0.337 e. The molecule has 0 aliphatic rings. The zero-order valence-electron chi connectivity index (χ0n) is 14.3. The van der Waals surface area contributed by atoms with Gasteiger partial charge in [0, 0.05) is 10.6 Å². The van der Waals surface area contributed by atoms with E-state index in [1.807, 2.05) is 0 Å². The van der Waals surface area contributed by atoms with E-state index in [0.717, 1.165) is 0 Å². The fourth-order valence-electron chi connectivity index (χ4n) is 2.51. The van der Waals surface area contributed by atoms with Crippen molar-refractivity contribution in [3.8, 4) is 0 Å². The molecule has 28 heavy (non-hydrogen) atoms. The number of carbonyl (C=O) groups is 2. The first kappa shape index (κ1) is 19.6. The van der Waals surface area contributed by atoms with Crippen molar-refractivity contribution in [3.05, 3.63) is 88.9 Å². The summed E-state index contributed by atoms with van der Waals surface area (Å²) in [6, 6.07) is 17.1. The maximum absolute atomic E-state index is 12.6. The molecule has 2 N–H and O–H groups in total. The normalized spacial score (nSPS) is 11.0. The number of para-hydroxylation sites is 1. The molecule has 3 rings (SSSR count). The minimum atomic E-state index is -3.74. The van der Waals surface area contributed by atoms with Crippen LogP contribution in [0.25, 0.3) is 0 Å². The Balaban J connectivity index is 1.84. The molecule has 0 atom stereocenters. The largest absolute Gasteiger partial charge is 0.478 e. The van der Waals surface area contributed by atoms with Gasteiger partial charge in [0.05, 0.1) is 21.0 Å². The molecular weight excluding hydrogens is 402 g/mol. The van der Waals surface area contributed by atoms with Crippen LogP contribution in [0, 0.1) is 0 Å². The van der Waals surface area contributed by atoms with Crippen LogP contribution in [0.3, 0.4) is 0 Å². The molecule has 0 saturated heterocycles. The zero-order chi connectivity index (χ0) is 20.3. The summed E-state index contributed by atoms with van der Waals surface area (Å²) in [7, 11) is -3.74. The first-order chi connectivity index (χ1) is 13.3. The van der Waals surface area contributed by atoms with E-state index in [-0.39, 0.29) is 26.6 Å². The van der Waals surface area contributed by atoms with Gasteiger partial charge >= 0.3 is 5.97 Å². The van der Waals surface area contributed by atoms with Gasteiger partial charge < -0.3 is 10.4 Å². The number of aromatic carboxylic acids is 1. The average Bonchev–Trinajstić information content (AvgIpc) is 2.68. The van der Waals surface area contributed by atoms with Crippen molar-refractivity contribution >= 4 is 39.0 Å². The van der Waals surface area contributed by atoms with Crippen LogP contribution in [0.4, 0.5) is 5.69 Å². The van der Waals surface area contributed by atoms with E-state index >= 15 is 0 Å². The molecule has 8 heteroatoms. The van der Waals surface area contributed by atoms with E-state index in [4.69, 9.17) is 11.6 Å². The van der Waals surface area contributed by atoms with Gasteiger partial charge in [-0.1, -0.05) is 23.7 Å². The molecule has 3 aromatic rings. The number of hydrogen-bond acceptors (Lipinski definition) is 4. The summed E-state index contributed by atoms with van der Waals surface area (Å²) in [4.78, 5) is 23.7. The Hall–Kier alpha value is -3.16. The number of amides is 1. The van der Waals surface area contributed by atoms with E-state index < -0.39 is 21.7 Å². The van der Waals surface area contributed by atoms with E-state index in [2.05, 4.69) is 5.32 Å². The Kier molecular flexibility index (Phi) is 5.48. The van der Waals surface area contributed by atoms with Crippen molar-refractivity contribution in [2.24, 2.45) is 0 Å². The van der Waals surface area contributed by atoms with Gasteiger partial charge in [0.15, 0.2) is 0 Å². The highest BCUT2D eigenvalue weighted by molar-refractivity contribution is 7.91. The van der Waals surface area contributed by atoms with Crippen LogP contribution in [-0.4, -0.2) is 25.4 Å². The predicted molar refractivity (Wildman–Crippen MR) is 105 cm³/mol. The number of halogens is 1. The molecule has 0 aliphatic carbocycles. The molecule has 6 nitrogen and oxygen atoms in total. The van der Waals surface area contributed by atoms with Crippen LogP contribution in [-0.2, 0) is 9.84 Å². The van der Waals surface area contributed by atoms with E-state index in [1.54, 1.807) is 12.1 Å². The molecule has 142 valence electrons. The second kappa shape index (κ2) is 7.84. The number of rotatable bonds is 5. The summed E-state index contributed by atoms with van der Waals surface area (Å²) in [5.41, 5.74) is 0.297. The van der Waals surface area contributed by atoms with Crippen LogP contribution in [0.5, 0.6) is 0 Å². The number of carbonyl (C=O) groups excluding carboxylic acids is 1. The fraction of sp³-hybridized carbons (Fsp3) is 0. The van der Waals surface area contributed by atoms with E-state index in [0.29, 0.717) is 5.02 Å². The molecule has 0 bridgehead atoms. The molecular formula is C20H14ClNO5S. The Labute approximate surface area is 166 Å². The highest BCUT2D eigenvalue weighted by Crippen LogP contribution is 2.23. The highest BCUT2D eigenvalue weighted by atomic mass is 35.5. The molecule has 3 aromatic carbocycles. The van der Waals surface area contributed by atoms with E-state index in [1.165, 1.54) is 60.7 Å². The molecule has 0 radical (unpaired) electrons. The number of benzene rings is 3. The Bertz CT molecular complexity index is 1140. The summed E-state index contributed by atoms with van der Waals surface area (Å²) in [5.74, 6) is -1.72. The van der Waals surface area contributed by atoms with Crippen molar-refractivity contribution in [1.29, 1.82) is 0 Å². The maximum Gasteiger partial charge on any atom is 0.337 e. The second-order valence-corrected chi connectivity index (χ2v) is 8.17. The summed E-state index contributed by atoms with van der Waals surface area (Å²) in [6.07, 6.45) is 0. The third-order valence-corrected chi connectivity index (χ3v) is 5.99. The third-order valence-electron chi connectivity index (χ3n) is 3.96. The van der Waals surface area contributed by atoms with Gasteiger partial charge in [-0.15, -0.1) is 0 Å². The molecule has 0 heterocycles. The van der Waals surface area contributed by atoms with Crippen LogP contribution in [0.1, 0.15) is 20.7 Å². The van der Waals surface area contributed by atoms with Crippen LogP contribution in [0.2, 0.25) is 5.02 Å². The predicted octanol–water partition coefficient (Wildman–Crippen LogP) is 4.12. The average molecular weight is 416 g/mol. The van der Waals surface area contributed by atoms with Gasteiger partial charge in [0.1, 0.15) is 0 Å². The van der Waals surface area contributed by atoms with E-state index in [9.17, 15) is 23.1 Å². The molecule has 0 spiro atoms. The van der Waals surface area contributed by atoms with Crippen LogP contribution in [0.15, 0.2) is 82.6 Å². The maximum atomic E-state index is 12.6. The third kappa shape index (κ3) is 4.05. The second-order valence-electron chi connectivity index (χ2n) is 5.79. The number of carboxylic acid groups (broad SMARTS) is 1. The van der Waals surface area contributed by atoms with Gasteiger partial charge in [-0.25, -0.2) is 13.2 Å². The Morgan fingerprint density at radius 2 is 1.36 bits per heavy atom. The van der Waals surface area contributed by atoms with Crippen molar-refractivity contribution in [2.45, 2.75) is 9.79 Å².